The lowest BCUT2D eigenvalue weighted by Crippen LogP contribution is -2.46. The smallest absolute Gasteiger partial charge is 0.191 e. The summed E-state index contributed by atoms with van der Waals surface area (Å²) in [4.78, 5) is 4.28. The summed E-state index contributed by atoms with van der Waals surface area (Å²) >= 11 is 0. The van der Waals surface area contributed by atoms with Crippen molar-refractivity contribution in [3.05, 3.63) is 35.6 Å². The lowest BCUT2D eigenvalue weighted by molar-refractivity contribution is 0.0205. The average Bonchev–Trinajstić information content (AvgIpc) is 3.31. The zero-order valence-corrected chi connectivity index (χ0v) is 18.2. The van der Waals surface area contributed by atoms with Gasteiger partial charge in [0.05, 0.1) is 6.10 Å². The molecule has 0 aromatic heterocycles. The minimum Gasteiger partial charge on any atom is -0.379 e. The van der Waals surface area contributed by atoms with Crippen molar-refractivity contribution in [2.75, 3.05) is 27.2 Å². The highest BCUT2D eigenvalue weighted by Gasteiger charge is 2.44. The molecule has 0 bridgehead atoms. The fraction of sp³-hybridized carbons (Fsp3) is 0.632. The van der Waals surface area contributed by atoms with E-state index in [1.807, 2.05) is 6.07 Å². The molecule has 0 radical (unpaired) electrons. The molecule has 0 heterocycles. The highest BCUT2D eigenvalue weighted by molar-refractivity contribution is 14.0. The number of nitrogens with one attached hydrogen (secondary N) is 2. The number of benzene rings is 1. The number of nitrogens with zero attached hydrogens (tertiary/aromatic N) is 1. The molecule has 2 N–H and O–H groups in total. The molecule has 0 amide bonds. The lowest BCUT2D eigenvalue weighted by atomic mass is 9.89. The van der Waals surface area contributed by atoms with Crippen molar-refractivity contribution < 1.29 is 9.13 Å². The SMILES string of the molecule is CN=C(NCC(OC)C(C)(C)C)NCC1(c2cccc(F)c2)CC1.I. The van der Waals surface area contributed by atoms with E-state index >= 15 is 0 Å². The molecule has 1 saturated carbocycles. The van der Waals surface area contributed by atoms with Crippen LogP contribution in [0.2, 0.25) is 0 Å². The van der Waals surface area contributed by atoms with Crippen LogP contribution in [-0.4, -0.2) is 39.3 Å². The zero-order valence-electron chi connectivity index (χ0n) is 15.9. The number of methoxy groups -OCH3 is 1. The summed E-state index contributed by atoms with van der Waals surface area (Å²) in [7, 11) is 3.49. The van der Waals surface area contributed by atoms with Gasteiger partial charge in [0.15, 0.2) is 5.96 Å². The predicted molar refractivity (Wildman–Crippen MR) is 112 cm³/mol. The summed E-state index contributed by atoms with van der Waals surface area (Å²) in [5.41, 5.74) is 1.15. The summed E-state index contributed by atoms with van der Waals surface area (Å²) in [6.07, 6.45) is 2.24. The minimum atomic E-state index is -0.172. The Morgan fingerprint density at radius 2 is 2.00 bits per heavy atom. The van der Waals surface area contributed by atoms with E-state index in [1.54, 1.807) is 26.3 Å². The molecule has 1 atom stereocenters. The van der Waals surface area contributed by atoms with Gasteiger partial charge < -0.3 is 15.4 Å². The van der Waals surface area contributed by atoms with Gasteiger partial charge in [0.25, 0.3) is 0 Å². The van der Waals surface area contributed by atoms with Gasteiger partial charge in [-0.3, -0.25) is 4.99 Å². The van der Waals surface area contributed by atoms with Crippen LogP contribution in [0.25, 0.3) is 0 Å². The van der Waals surface area contributed by atoms with Gasteiger partial charge >= 0.3 is 0 Å². The molecule has 1 fully saturated rings. The molecule has 4 nitrogen and oxygen atoms in total. The fourth-order valence-electron chi connectivity index (χ4n) is 2.94. The Kier molecular flexibility index (Phi) is 8.12. The van der Waals surface area contributed by atoms with Crippen molar-refractivity contribution >= 4 is 29.9 Å². The van der Waals surface area contributed by atoms with Gasteiger partial charge in [-0.1, -0.05) is 32.9 Å². The Bertz CT molecular complexity index is 582. The number of aliphatic imine (C=N–C) groups is 1. The van der Waals surface area contributed by atoms with E-state index in [4.69, 9.17) is 4.74 Å². The third-order valence-corrected chi connectivity index (χ3v) is 4.81. The molecular weight excluding hydrogens is 432 g/mol. The summed E-state index contributed by atoms with van der Waals surface area (Å²) in [5, 5.41) is 6.71. The summed E-state index contributed by atoms with van der Waals surface area (Å²) in [6.45, 7) is 7.91. The number of ether oxygens (including phenoxy) is 1. The van der Waals surface area contributed by atoms with E-state index in [1.165, 1.54) is 6.07 Å². The number of halogens is 2. The largest absolute Gasteiger partial charge is 0.379 e. The monoisotopic (exact) mass is 463 g/mol. The highest BCUT2D eigenvalue weighted by Crippen LogP contribution is 2.47. The second kappa shape index (κ2) is 9.16. The second-order valence-electron chi connectivity index (χ2n) is 7.69. The van der Waals surface area contributed by atoms with E-state index in [2.05, 4.69) is 36.4 Å². The molecule has 1 aromatic carbocycles. The van der Waals surface area contributed by atoms with Gasteiger partial charge in [-0.05, 0) is 36.0 Å². The van der Waals surface area contributed by atoms with Crippen molar-refractivity contribution in [1.82, 2.24) is 10.6 Å². The van der Waals surface area contributed by atoms with Crippen LogP contribution in [0.1, 0.15) is 39.2 Å². The molecule has 0 spiro atoms. The quantitative estimate of drug-likeness (QED) is 0.384. The van der Waals surface area contributed by atoms with Gasteiger partial charge in [-0.25, -0.2) is 4.39 Å². The van der Waals surface area contributed by atoms with Crippen LogP contribution in [-0.2, 0) is 10.2 Å². The van der Waals surface area contributed by atoms with Gasteiger partial charge in [0.1, 0.15) is 5.82 Å². The number of guanidine groups is 1. The topological polar surface area (TPSA) is 45.7 Å². The summed E-state index contributed by atoms with van der Waals surface area (Å²) in [6, 6.07) is 6.93. The summed E-state index contributed by atoms with van der Waals surface area (Å²) < 4.78 is 19.0. The number of hydrogen-bond acceptors (Lipinski definition) is 2. The average molecular weight is 463 g/mol. The molecule has 1 aromatic rings. The first-order valence-corrected chi connectivity index (χ1v) is 8.54. The zero-order chi connectivity index (χ0) is 17.8. The van der Waals surface area contributed by atoms with E-state index in [-0.39, 0.29) is 46.7 Å². The molecular formula is C19H31FIN3O. The standard InChI is InChI=1S/C19H30FN3O.HI/c1-18(2,3)16(24-5)12-22-17(21-4)23-13-19(9-10-19)14-7-6-8-15(20)11-14;/h6-8,11,16H,9-10,12-13H2,1-5H3,(H2,21,22,23);1H. The van der Waals surface area contributed by atoms with Crippen LogP contribution in [0, 0.1) is 11.2 Å². The van der Waals surface area contributed by atoms with E-state index in [0.717, 1.165) is 30.9 Å². The molecule has 142 valence electrons. The van der Waals surface area contributed by atoms with Gasteiger partial charge in [0.2, 0.25) is 0 Å². The number of hydrogen-bond donors (Lipinski definition) is 2. The van der Waals surface area contributed by atoms with Crippen molar-refractivity contribution in [1.29, 1.82) is 0 Å². The molecule has 0 aliphatic heterocycles. The molecule has 2 rings (SSSR count). The molecule has 1 unspecified atom stereocenters. The van der Waals surface area contributed by atoms with Crippen LogP contribution in [0.15, 0.2) is 29.3 Å². The van der Waals surface area contributed by atoms with Crippen molar-refractivity contribution in [2.45, 2.75) is 45.1 Å². The molecule has 6 heteroatoms. The van der Waals surface area contributed by atoms with Gasteiger partial charge in [-0.2, -0.15) is 0 Å². The van der Waals surface area contributed by atoms with Crippen molar-refractivity contribution in [3.8, 4) is 0 Å². The van der Waals surface area contributed by atoms with E-state index in [9.17, 15) is 4.39 Å². The third-order valence-electron chi connectivity index (χ3n) is 4.81. The normalized spacial score (nSPS) is 17.4. The van der Waals surface area contributed by atoms with Crippen molar-refractivity contribution in [2.24, 2.45) is 10.4 Å². The highest BCUT2D eigenvalue weighted by atomic mass is 127. The third kappa shape index (κ3) is 6.09. The first-order chi connectivity index (χ1) is 11.3. The first kappa shape index (κ1) is 22.2. The maximum Gasteiger partial charge on any atom is 0.191 e. The second-order valence-corrected chi connectivity index (χ2v) is 7.69. The molecule has 1 aliphatic rings. The number of rotatable bonds is 6. The maximum atomic E-state index is 13.5. The molecule has 25 heavy (non-hydrogen) atoms. The first-order valence-electron chi connectivity index (χ1n) is 8.54. The fourth-order valence-corrected chi connectivity index (χ4v) is 2.94. The minimum absolute atomic E-state index is 0. The molecule has 0 saturated heterocycles. The lowest BCUT2D eigenvalue weighted by Gasteiger charge is -2.30. The van der Waals surface area contributed by atoms with Crippen LogP contribution in [0.5, 0.6) is 0 Å². The summed E-state index contributed by atoms with van der Waals surface area (Å²) in [5.74, 6) is 0.582. The van der Waals surface area contributed by atoms with Crippen LogP contribution in [0.4, 0.5) is 4.39 Å². The maximum absolute atomic E-state index is 13.5. The van der Waals surface area contributed by atoms with Gasteiger partial charge in [0, 0.05) is 32.7 Å². The van der Waals surface area contributed by atoms with Crippen LogP contribution < -0.4 is 10.6 Å². The van der Waals surface area contributed by atoms with Crippen LogP contribution in [0.3, 0.4) is 0 Å². The Labute approximate surface area is 168 Å². The van der Waals surface area contributed by atoms with Crippen molar-refractivity contribution in [3.63, 3.8) is 0 Å². The Balaban J connectivity index is 0.00000312. The molecule has 1 aliphatic carbocycles. The van der Waals surface area contributed by atoms with E-state index in [0.29, 0.717) is 6.54 Å². The predicted octanol–water partition coefficient (Wildman–Crippen LogP) is 3.70. The Morgan fingerprint density at radius 3 is 2.48 bits per heavy atom. The van der Waals surface area contributed by atoms with Gasteiger partial charge in [-0.15, -0.1) is 24.0 Å². The Morgan fingerprint density at radius 1 is 1.32 bits per heavy atom. The Hall–Kier alpha value is -0.890. The van der Waals surface area contributed by atoms with E-state index < -0.39 is 0 Å². The van der Waals surface area contributed by atoms with Crippen LogP contribution >= 0.6 is 24.0 Å².